The molecule has 2 atom stereocenters. The lowest BCUT2D eigenvalue weighted by Gasteiger charge is -2.17. The number of likely N-dealkylation sites (tertiary alicyclic amines) is 1. The molecule has 2 aliphatic heterocycles. The number of carboxylic acid groups (broad SMARTS) is 2. The minimum Gasteiger partial charge on any atom is -0.481 e. The topological polar surface area (TPSA) is 147 Å². The lowest BCUT2D eigenvalue weighted by atomic mass is 9.95. The summed E-state index contributed by atoms with van der Waals surface area (Å²) in [5.41, 5.74) is 3.80. The van der Waals surface area contributed by atoms with E-state index in [1.54, 1.807) is 25.6 Å². The van der Waals surface area contributed by atoms with Crippen molar-refractivity contribution in [3.63, 3.8) is 0 Å². The quantitative estimate of drug-likeness (QED) is 0.401. The standard InChI is InChI=1S/C22H21N3O3S.2C2HF3O2/c1-28-22-17(5-3-9-24-22)16-6-7-20-18(10-16)19-13-25(14-21(19)29(20,26)27)12-15-4-2-8-23-11-15;2*3-2(4,5)1(6)7/h2-11,19,21H,12-14H2,1H3;2*(H,6,7). The fourth-order valence-electron chi connectivity index (χ4n) is 4.55. The molecule has 4 heterocycles. The molecule has 2 unspecified atom stereocenters. The summed E-state index contributed by atoms with van der Waals surface area (Å²) in [6.07, 6.45) is -4.90. The molecule has 1 aromatic carbocycles. The first kappa shape index (κ1) is 33.3. The van der Waals surface area contributed by atoms with Gasteiger partial charge in [-0.2, -0.15) is 26.3 Å². The summed E-state index contributed by atoms with van der Waals surface area (Å²) in [5, 5.41) is 13.9. The summed E-state index contributed by atoms with van der Waals surface area (Å²) >= 11 is 0. The zero-order valence-electron chi connectivity index (χ0n) is 22.0. The van der Waals surface area contributed by atoms with Crippen LogP contribution in [-0.2, 0) is 26.0 Å². The highest BCUT2D eigenvalue weighted by molar-refractivity contribution is 7.92. The summed E-state index contributed by atoms with van der Waals surface area (Å²) in [7, 11) is -1.74. The van der Waals surface area contributed by atoms with Crippen LogP contribution in [0.15, 0.2) is 66.0 Å². The third kappa shape index (κ3) is 7.98. The van der Waals surface area contributed by atoms with Gasteiger partial charge < -0.3 is 14.9 Å². The average molecular weight is 636 g/mol. The van der Waals surface area contributed by atoms with Crippen LogP contribution in [0.2, 0.25) is 0 Å². The Balaban J connectivity index is 0.000000303. The van der Waals surface area contributed by atoms with Crippen molar-refractivity contribution in [3.8, 4) is 17.0 Å². The maximum atomic E-state index is 13.2. The predicted octanol–water partition coefficient (Wildman–Crippen LogP) is 4.17. The van der Waals surface area contributed by atoms with Gasteiger partial charge in [-0.25, -0.2) is 23.0 Å². The molecule has 0 bridgehead atoms. The number of benzene rings is 1. The number of aliphatic carboxylic acids is 2. The molecule has 0 amide bonds. The van der Waals surface area contributed by atoms with Crippen molar-refractivity contribution in [1.29, 1.82) is 0 Å². The minimum atomic E-state index is -5.08. The van der Waals surface area contributed by atoms with E-state index in [1.165, 1.54) is 0 Å². The van der Waals surface area contributed by atoms with Crippen LogP contribution in [0.5, 0.6) is 5.88 Å². The fourth-order valence-corrected chi connectivity index (χ4v) is 6.74. The SMILES string of the molecule is COc1ncccc1-c1ccc2c(c1)C1CN(Cc3cccnc3)CC1S2(=O)=O.O=C(O)C(F)(F)F.O=C(O)C(F)(F)F. The van der Waals surface area contributed by atoms with Gasteiger partial charge in [0.05, 0.1) is 17.3 Å². The summed E-state index contributed by atoms with van der Waals surface area (Å²) in [4.78, 5) is 28.9. The van der Waals surface area contributed by atoms with Crippen LogP contribution in [0, 0.1) is 0 Å². The molecular weight excluding hydrogens is 612 g/mol. The number of fused-ring (bicyclic) bond motifs is 3. The Morgan fingerprint density at radius 1 is 0.977 bits per heavy atom. The van der Waals surface area contributed by atoms with Gasteiger partial charge in [0.25, 0.3) is 0 Å². The summed E-state index contributed by atoms with van der Waals surface area (Å²) < 4.78 is 95.2. The first-order valence-corrected chi connectivity index (χ1v) is 13.6. The Hall–Kier alpha value is -4.25. The molecule has 5 rings (SSSR count). The molecule has 0 aliphatic carbocycles. The molecule has 43 heavy (non-hydrogen) atoms. The molecule has 17 heteroatoms. The smallest absolute Gasteiger partial charge is 0.481 e. The van der Waals surface area contributed by atoms with Crippen molar-refractivity contribution in [3.05, 3.63) is 72.2 Å². The van der Waals surface area contributed by atoms with Gasteiger partial charge in [-0.1, -0.05) is 12.1 Å². The molecule has 0 saturated carbocycles. The maximum Gasteiger partial charge on any atom is 0.490 e. The Labute approximate surface area is 240 Å². The zero-order valence-corrected chi connectivity index (χ0v) is 22.8. The third-order valence-electron chi connectivity index (χ3n) is 6.35. The number of carbonyl (C=O) groups is 2. The third-order valence-corrected chi connectivity index (χ3v) is 8.61. The number of sulfone groups is 1. The van der Waals surface area contributed by atoms with Gasteiger partial charge in [-0.3, -0.25) is 9.88 Å². The molecular formula is C26H23F6N3O7S. The highest BCUT2D eigenvalue weighted by Gasteiger charge is 2.50. The van der Waals surface area contributed by atoms with Crippen LogP contribution >= 0.6 is 0 Å². The van der Waals surface area contributed by atoms with E-state index in [0.717, 1.165) is 28.8 Å². The van der Waals surface area contributed by atoms with Crippen LogP contribution in [0.3, 0.4) is 0 Å². The number of nitrogens with zero attached hydrogens (tertiary/aromatic N) is 3. The first-order valence-electron chi connectivity index (χ1n) is 12.1. The summed E-state index contributed by atoms with van der Waals surface area (Å²) in [6, 6.07) is 13.3. The molecule has 2 N–H and O–H groups in total. The van der Waals surface area contributed by atoms with Crippen LogP contribution in [-0.4, -0.2) is 83.2 Å². The van der Waals surface area contributed by atoms with Crippen LogP contribution < -0.4 is 4.74 Å². The average Bonchev–Trinajstić information content (AvgIpc) is 3.45. The van der Waals surface area contributed by atoms with Crippen molar-refractivity contribution in [2.45, 2.75) is 35.0 Å². The number of aromatic nitrogens is 2. The van der Waals surface area contributed by atoms with Crippen molar-refractivity contribution < 1.29 is 59.3 Å². The minimum absolute atomic E-state index is 0.0192. The van der Waals surface area contributed by atoms with E-state index in [-0.39, 0.29) is 11.2 Å². The summed E-state index contributed by atoms with van der Waals surface area (Å²) in [6.45, 7) is 1.98. The number of rotatable bonds is 4. The maximum absolute atomic E-state index is 13.2. The van der Waals surface area contributed by atoms with Crippen LogP contribution in [0.1, 0.15) is 17.0 Å². The monoisotopic (exact) mass is 635 g/mol. The Morgan fingerprint density at radius 2 is 1.58 bits per heavy atom. The lowest BCUT2D eigenvalue weighted by molar-refractivity contribution is -0.193. The molecule has 0 radical (unpaired) electrons. The van der Waals surface area contributed by atoms with Gasteiger partial charge in [0.2, 0.25) is 5.88 Å². The Bertz CT molecular complexity index is 1540. The number of hydrogen-bond acceptors (Lipinski definition) is 8. The molecule has 2 aromatic heterocycles. The number of pyridine rings is 2. The van der Waals surface area contributed by atoms with E-state index in [4.69, 9.17) is 24.5 Å². The van der Waals surface area contributed by atoms with Gasteiger partial charge in [0.1, 0.15) is 0 Å². The van der Waals surface area contributed by atoms with E-state index >= 15 is 0 Å². The van der Waals surface area contributed by atoms with Gasteiger partial charge in [-0.05, 0) is 47.0 Å². The van der Waals surface area contributed by atoms with E-state index in [1.807, 2.05) is 42.6 Å². The van der Waals surface area contributed by atoms with Crippen LogP contribution in [0.4, 0.5) is 26.3 Å². The highest BCUT2D eigenvalue weighted by Crippen LogP contribution is 2.46. The van der Waals surface area contributed by atoms with Crippen molar-refractivity contribution in [1.82, 2.24) is 14.9 Å². The van der Waals surface area contributed by atoms with Gasteiger partial charge in [0.15, 0.2) is 9.84 Å². The van der Waals surface area contributed by atoms with E-state index in [2.05, 4.69) is 14.9 Å². The van der Waals surface area contributed by atoms with Crippen molar-refractivity contribution >= 4 is 21.8 Å². The molecule has 1 fully saturated rings. The highest BCUT2D eigenvalue weighted by atomic mass is 32.2. The number of halogens is 6. The Kier molecular flexibility index (Phi) is 10.0. The van der Waals surface area contributed by atoms with Gasteiger partial charge in [-0.15, -0.1) is 0 Å². The van der Waals surface area contributed by atoms with E-state index in [9.17, 15) is 34.8 Å². The predicted molar refractivity (Wildman–Crippen MR) is 137 cm³/mol. The first-order chi connectivity index (χ1) is 20.0. The second-order valence-corrected chi connectivity index (χ2v) is 11.3. The zero-order chi connectivity index (χ0) is 32.2. The Morgan fingerprint density at radius 3 is 2.12 bits per heavy atom. The van der Waals surface area contributed by atoms with Crippen molar-refractivity contribution in [2.24, 2.45) is 0 Å². The second-order valence-electron chi connectivity index (χ2n) is 9.16. The largest absolute Gasteiger partial charge is 0.490 e. The lowest BCUT2D eigenvalue weighted by Crippen LogP contribution is -2.25. The molecule has 3 aromatic rings. The molecule has 1 saturated heterocycles. The number of hydrogen-bond donors (Lipinski definition) is 2. The number of alkyl halides is 6. The van der Waals surface area contributed by atoms with Gasteiger partial charge in [0, 0.05) is 49.7 Å². The normalized spacial score (nSPS) is 18.7. The molecule has 10 nitrogen and oxygen atoms in total. The fraction of sp³-hybridized carbons (Fsp3) is 0.308. The molecule has 2 aliphatic rings. The number of carboxylic acids is 2. The van der Waals surface area contributed by atoms with Gasteiger partial charge >= 0.3 is 24.3 Å². The van der Waals surface area contributed by atoms with E-state index in [0.29, 0.717) is 23.9 Å². The number of methoxy groups -OCH3 is 1. The van der Waals surface area contributed by atoms with E-state index < -0.39 is 34.1 Å². The van der Waals surface area contributed by atoms with Crippen molar-refractivity contribution in [2.75, 3.05) is 20.2 Å². The molecule has 0 spiro atoms. The summed E-state index contributed by atoms with van der Waals surface area (Å²) in [5.74, 6) is -5.00. The molecule has 232 valence electrons. The second kappa shape index (κ2) is 12.9. The number of ether oxygens (including phenoxy) is 1. The van der Waals surface area contributed by atoms with Crippen LogP contribution in [0.25, 0.3) is 11.1 Å².